The molecule has 0 spiro atoms. The lowest BCUT2D eigenvalue weighted by Gasteiger charge is -2.04. The van der Waals surface area contributed by atoms with Crippen LogP contribution in [0, 0.1) is 5.92 Å². The van der Waals surface area contributed by atoms with Gasteiger partial charge in [0.1, 0.15) is 0 Å². The Morgan fingerprint density at radius 3 is 2.27 bits per heavy atom. The summed E-state index contributed by atoms with van der Waals surface area (Å²) in [4.78, 5) is 21.7. The van der Waals surface area contributed by atoms with Crippen molar-refractivity contribution in [3.8, 4) is 0 Å². The predicted octanol–water partition coefficient (Wildman–Crippen LogP) is -0.0468. The van der Waals surface area contributed by atoms with Crippen LogP contribution in [0.1, 0.15) is 26.7 Å². The summed E-state index contributed by atoms with van der Waals surface area (Å²) in [6, 6.07) is 0. The number of hydrogen-bond donors (Lipinski definition) is 2. The minimum absolute atomic E-state index is 0.233. The predicted molar refractivity (Wildman–Crippen MR) is 53.6 cm³/mol. The topological polar surface area (TPSA) is 101 Å². The van der Waals surface area contributed by atoms with Crippen LogP contribution in [0.4, 0.5) is 0 Å². The van der Waals surface area contributed by atoms with E-state index in [1.165, 1.54) is 0 Å². The largest absolute Gasteiger partial charge is 0.348 e. The zero-order chi connectivity index (χ0) is 12.1. The third kappa shape index (κ3) is 7.03. The Bertz CT molecular complexity index is 333. The van der Waals surface area contributed by atoms with Gasteiger partial charge in [-0.25, -0.2) is 0 Å². The molecular formula is C8H15NO5S. The van der Waals surface area contributed by atoms with Gasteiger partial charge in [-0.1, -0.05) is 13.8 Å². The summed E-state index contributed by atoms with van der Waals surface area (Å²) in [7, 11) is -4.68. The van der Waals surface area contributed by atoms with Crippen LogP contribution in [0.2, 0.25) is 0 Å². The highest BCUT2D eigenvalue weighted by molar-refractivity contribution is 8.01. The Morgan fingerprint density at radius 1 is 1.33 bits per heavy atom. The van der Waals surface area contributed by atoms with Crippen molar-refractivity contribution < 1.29 is 22.6 Å². The first-order valence-corrected chi connectivity index (χ1v) is 5.94. The van der Waals surface area contributed by atoms with Gasteiger partial charge in [0.05, 0.1) is 6.54 Å². The molecule has 0 heterocycles. The van der Waals surface area contributed by atoms with Crippen molar-refractivity contribution in [2.75, 3.05) is 6.54 Å². The van der Waals surface area contributed by atoms with Crippen molar-refractivity contribution in [1.29, 1.82) is 0 Å². The lowest BCUT2D eigenvalue weighted by atomic mass is 10.1. The van der Waals surface area contributed by atoms with E-state index < -0.39 is 27.7 Å². The fourth-order valence-electron chi connectivity index (χ4n) is 0.770. The molecule has 0 saturated heterocycles. The molecule has 0 aliphatic heterocycles. The number of carbonyl (C=O) groups is 2. The van der Waals surface area contributed by atoms with Crippen LogP contribution < -0.4 is 5.32 Å². The molecule has 0 unspecified atom stereocenters. The number of carbonyl (C=O) groups excluding carboxylic acids is 2. The average molecular weight is 237 g/mol. The van der Waals surface area contributed by atoms with Crippen LogP contribution >= 0.6 is 0 Å². The van der Waals surface area contributed by atoms with Gasteiger partial charge < -0.3 is 5.32 Å². The van der Waals surface area contributed by atoms with E-state index in [0.29, 0.717) is 12.3 Å². The summed E-state index contributed by atoms with van der Waals surface area (Å²) in [6.45, 7) is 3.20. The van der Waals surface area contributed by atoms with Gasteiger partial charge in [-0.2, -0.15) is 8.42 Å². The van der Waals surface area contributed by atoms with Crippen molar-refractivity contribution in [1.82, 2.24) is 5.32 Å². The zero-order valence-corrected chi connectivity index (χ0v) is 9.50. The second kappa shape index (κ2) is 5.82. The van der Waals surface area contributed by atoms with Gasteiger partial charge in [-0.3, -0.25) is 14.1 Å². The molecule has 0 radical (unpaired) electrons. The summed E-state index contributed by atoms with van der Waals surface area (Å²) in [5.41, 5.74) is 0. The molecule has 88 valence electrons. The second-order valence-electron chi connectivity index (χ2n) is 3.56. The maximum absolute atomic E-state index is 11.0. The molecule has 0 atom stereocenters. The number of hydrogen-bond acceptors (Lipinski definition) is 4. The van der Waals surface area contributed by atoms with E-state index in [0.717, 1.165) is 0 Å². The Labute approximate surface area is 88.8 Å². The van der Waals surface area contributed by atoms with Crippen molar-refractivity contribution >= 4 is 21.1 Å². The number of amides is 1. The Hall–Kier alpha value is -0.950. The van der Waals surface area contributed by atoms with E-state index in [-0.39, 0.29) is 6.42 Å². The van der Waals surface area contributed by atoms with Crippen LogP contribution in [-0.2, 0) is 19.7 Å². The van der Waals surface area contributed by atoms with Crippen molar-refractivity contribution in [2.45, 2.75) is 26.7 Å². The second-order valence-corrected chi connectivity index (χ2v) is 4.96. The lowest BCUT2D eigenvalue weighted by molar-refractivity contribution is -0.123. The Balaban J connectivity index is 3.87. The summed E-state index contributed by atoms with van der Waals surface area (Å²) in [6.07, 6.45) is 0.891. The molecule has 0 saturated carbocycles. The van der Waals surface area contributed by atoms with Crippen LogP contribution in [0.3, 0.4) is 0 Å². The molecule has 0 aromatic rings. The van der Waals surface area contributed by atoms with E-state index >= 15 is 0 Å². The Morgan fingerprint density at radius 2 is 1.87 bits per heavy atom. The molecule has 0 aromatic carbocycles. The minimum Gasteiger partial charge on any atom is -0.348 e. The van der Waals surface area contributed by atoms with Crippen LogP contribution in [-0.4, -0.2) is 30.5 Å². The molecule has 0 aromatic heterocycles. The fraction of sp³-hybridized carbons (Fsp3) is 0.750. The molecule has 6 nitrogen and oxygen atoms in total. The summed E-state index contributed by atoms with van der Waals surface area (Å²) >= 11 is 0. The molecule has 15 heavy (non-hydrogen) atoms. The van der Waals surface area contributed by atoms with E-state index in [1.807, 2.05) is 13.8 Å². The van der Waals surface area contributed by atoms with Gasteiger partial charge in [0.25, 0.3) is 5.12 Å². The summed E-state index contributed by atoms with van der Waals surface area (Å²) in [5, 5.41) is 0.714. The van der Waals surface area contributed by atoms with Gasteiger partial charge >= 0.3 is 10.1 Å². The molecular weight excluding hydrogens is 222 g/mol. The van der Waals surface area contributed by atoms with Crippen molar-refractivity contribution in [3.05, 3.63) is 0 Å². The first-order chi connectivity index (χ1) is 6.73. The average Bonchev–Trinajstić information content (AvgIpc) is 2.09. The molecule has 1 amide bonds. The number of nitrogens with one attached hydrogen (secondary N) is 1. The zero-order valence-electron chi connectivity index (χ0n) is 8.69. The normalized spacial score (nSPS) is 11.5. The van der Waals surface area contributed by atoms with Gasteiger partial charge in [0, 0.05) is 6.42 Å². The molecule has 0 fully saturated rings. The van der Waals surface area contributed by atoms with E-state index in [9.17, 15) is 18.0 Å². The van der Waals surface area contributed by atoms with Crippen molar-refractivity contribution in [3.63, 3.8) is 0 Å². The molecule has 0 bridgehead atoms. The summed E-state index contributed by atoms with van der Waals surface area (Å²) in [5.74, 6) is -0.0475. The molecule has 2 N–H and O–H groups in total. The quantitative estimate of drug-likeness (QED) is 0.653. The minimum atomic E-state index is -4.68. The van der Waals surface area contributed by atoms with Gasteiger partial charge in [0.2, 0.25) is 5.91 Å². The smallest absolute Gasteiger partial charge is 0.330 e. The van der Waals surface area contributed by atoms with Gasteiger partial charge in [-0.05, 0) is 12.3 Å². The van der Waals surface area contributed by atoms with Crippen LogP contribution in [0.15, 0.2) is 0 Å². The third-order valence-corrected chi connectivity index (χ3v) is 2.39. The fourth-order valence-corrected chi connectivity index (χ4v) is 1.02. The lowest BCUT2D eigenvalue weighted by Crippen LogP contribution is -2.32. The molecule has 7 heteroatoms. The highest BCUT2D eigenvalue weighted by Crippen LogP contribution is 2.02. The highest BCUT2D eigenvalue weighted by atomic mass is 32.2. The van der Waals surface area contributed by atoms with Gasteiger partial charge in [-0.15, -0.1) is 0 Å². The number of rotatable bonds is 5. The van der Waals surface area contributed by atoms with Crippen LogP contribution in [0.25, 0.3) is 0 Å². The SMILES string of the molecule is CC(C)CCC(=O)NCC(=O)S(=O)(=O)O. The van der Waals surface area contributed by atoms with E-state index in [4.69, 9.17) is 4.55 Å². The highest BCUT2D eigenvalue weighted by Gasteiger charge is 2.18. The maximum atomic E-state index is 11.0. The van der Waals surface area contributed by atoms with Crippen molar-refractivity contribution in [2.24, 2.45) is 5.92 Å². The third-order valence-electron chi connectivity index (χ3n) is 1.67. The monoisotopic (exact) mass is 237 g/mol. The molecule has 0 rings (SSSR count). The first-order valence-electron chi connectivity index (χ1n) is 4.50. The Kier molecular flexibility index (Phi) is 5.45. The molecule has 0 aliphatic carbocycles. The first kappa shape index (κ1) is 14.1. The van der Waals surface area contributed by atoms with E-state index in [1.54, 1.807) is 0 Å². The maximum Gasteiger partial charge on any atom is 0.330 e. The standard InChI is InChI=1S/C8H15NO5S/c1-6(2)3-4-7(10)9-5-8(11)15(12,13)14/h6H,3-5H2,1-2H3,(H,9,10)(H,12,13,14). The van der Waals surface area contributed by atoms with E-state index in [2.05, 4.69) is 5.32 Å². The molecule has 0 aliphatic rings. The van der Waals surface area contributed by atoms with Crippen LogP contribution in [0.5, 0.6) is 0 Å². The summed E-state index contributed by atoms with van der Waals surface area (Å²) < 4.78 is 28.8. The van der Waals surface area contributed by atoms with Gasteiger partial charge in [0.15, 0.2) is 0 Å².